The monoisotopic (exact) mass is 391 g/mol. The zero-order valence-electron chi connectivity index (χ0n) is 16.2. The fraction of sp³-hybridized carbons (Fsp3) is 0.174. The number of amides is 1. The van der Waals surface area contributed by atoms with Gasteiger partial charge in [0.05, 0.1) is 6.26 Å². The Morgan fingerprint density at radius 1 is 0.931 bits per heavy atom. The third kappa shape index (κ3) is 5.19. The van der Waals surface area contributed by atoms with Crippen LogP contribution < -0.4 is 5.32 Å². The summed E-state index contributed by atoms with van der Waals surface area (Å²) in [5.41, 5.74) is 3.04. The fourth-order valence-electron chi connectivity index (χ4n) is 2.70. The van der Waals surface area contributed by atoms with Gasteiger partial charge in [0.1, 0.15) is 6.54 Å². The molecule has 29 heavy (non-hydrogen) atoms. The van der Waals surface area contributed by atoms with Gasteiger partial charge < -0.3 is 14.5 Å². The van der Waals surface area contributed by atoms with Gasteiger partial charge in [0.15, 0.2) is 11.9 Å². The molecule has 3 rings (SSSR count). The van der Waals surface area contributed by atoms with Crippen molar-refractivity contribution in [3.8, 4) is 0 Å². The predicted molar refractivity (Wildman–Crippen MR) is 107 cm³/mol. The lowest BCUT2D eigenvalue weighted by Gasteiger charge is -2.18. The van der Waals surface area contributed by atoms with Crippen LogP contribution in [0.3, 0.4) is 0 Å². The molecule has 1 aromatic heterocycles. The van der Waals surface area contributed by atoms with Crippen molar-refractivity contribution in [3.63, 3.8) is 0 Å². The van der Waals surface area contributed by atoms with E-state index in [1.165, 1.54) is 12.3 Å². The molecule has 0 radical (unpaired) electrons. The summed E-state index contributed by atoms with van der Waals surface area (Å²) in [6, 6.07) is 17.3. The van der Waals surface area contributed by atoms with E-state index in [4.69, 9.17) is 9.15 Å². The summed E-state index contributed by atoms with van der Waals surface area (Å²) in [6.07, 6.45) is 0.257. The summed E-state index contributed by atoms with van der Waals surface area (Å²) in [5, 5.41) is 2.42. The lowest BCUT2D eigenvalue weighted by Crippen LogP contribution is -2.32. The fourth-order valence-corrected chi connectivity index (χ4v) is 2.70. The van der Waals surface area contributed by atoms with Crippen molar-refractivity contribution in [2.75, 3.05) is 6.54 Å². The van der Waals surface area contributed by atoms with Crippen LogP contribution in [0.25, 0.3) is 0 Å². The molecule has 6 nitrogen and oxygen atoms in total. The van der Waals surface area contributed by atoms with Gasteiger partial charge in [-0.1, -0.05) is 59.7 Å². The van der Waals surface area contributed by atoms with Crippen molar-refractivity contribution in [2.24, 2.45) is 0 Å². The molecule has 0 fully saturated rings. The van der Waals surface area contributed by atoms with E-state index in [0.717, 1.165) is 11.1 Å². The molecule has 0 spiro atoms. The van der Waals surface area contributed by atoms with Crippen LogP contribution in [-0.4, -0.2) is 24.2 Å². The summed E-state index contributed by atoms with van der Waals surface area (Å²) in [6.45, 7) is 3.47. The standard InChI is InChI=1S/C23H21NO5/c1-15-5-9-17(10-6-15)21(26)22(18-11-7-16(2)8-12-18)29-20(25)14-24-23(27)19-4-3-13-28-19/h3-13,22H,14H2,1-2H3,(H,24,27)/t22-/m0/s1. The number of aryl methyl sites for hydroxylation is 2. The topological polar surface area (TPSA) is 85.6 Å². The Hall–Kier alpha value is -3.67. The zero-order chi connectivity index (χ0) is 20.8. The van der Waals surface area contributed by atoms with Crippen LogP contribution in [0.15, 0.2) is 71.3 Å². The molecule has 1 heterocycles. The van der Waals surface area contributed by atoms with Gasteiger partial charge in [-0.05, 0) is 26.0 Å². The van der Waals surface area contributed by atoms with Crippen molar-refractivity contribution in [1.29, 1.82) is 0 Å². The Kier molecular flexibility index (Phi) is 6.24. The quantitative estimate of drug-likeness (QED) is 0.489. The van der Waals surface area contributed by atoms with E-state index in [1.807, 2.05) is 38.1 Å². The number of carbonyl (C=O) groups is 3. The van der Waals surface area contributed by atoms with Crippen LogP contribution in [0.2, 0.25) is 0 Å². The molecule has 0 bridgehead atoms. The predicted octanol–water partition coefficient (Wildman–Crippen LogP) is 3.79. The summed E-state index contributed by atoms with van der Waals surface area (Å²) >= 11 is 0. The number of furan rings is 1. The average Bonchev–Trinajstić information content (AvgIpc) is 3.26. The summed E-state index contributed by atoms with van der Waals surface area (Å²) in [4.78, 5) is 37.3. The van der Waals surface area contributed by atoms with E-state index in [0.29, 0.717) is 11.1 Å². The number of nitrogens with one attached hydrogen (secondary N) is 1. The number of esters is 1. The Morgan fingerprint density at radius 3 is 2.14 bits per heavy atom. The second-order valence-electron chi connectivity index (χ2n) is 6.67. The largest absolute Gasteiger partial charge is 0.459 e. The van der Waals surface area contributed by atoms with E-state index in [-0.39, 0.29) is 18.1 Å². The van der Waals surface area contributed by atoms with Crippen LogP contribution in [0.1, 0.15) is 43.7 Å². The maximum absolute atomic E-state index is 13.0. The van der Waals surface area contributed by atoms with Gasteiger partial charge in [-0.15, -0.1) is 0 Å². The molecule has 0 saturated heterocycles. The molecular formula is C23H21NO5. The molecule has 6 heteroatoms. The van der Waals surface area contributed by atoms with Crippen LogP contribution in [0, 0.1) is 13.8 Å². The molecule has 1 N–H and O–H groups in total. The van der Waals surface area contributed by atoms with Gasteiger partial charge >= 0.3 is 5.97 Å². The molecule has 0 aliphatic rings. The first-order chi connectivity index (χ1) is 13.9. The maximum atomic E-state index is 13.0. The highest BCUT2D eigenvalue weighted by atomic mass is 16.5. The van der Waals surface area contributed by atoms with Crippen molar-refractivity contribution in [3.05, 3.63) is 94.9 Å². The lowest BCUT2D eigenvalue weighted by atomic mass is 9.98. The molecule has 0 unspecified atom stereocenters. The van der Waals surface area contributed by atoms with Gasteiger partial charge in [0.25, 0.3) is 5.91 Å². The molecule has 1 amide bonds. The van der Waals surface area contributed by atoms with Crippen LogP contribution in [0.5, 0.6) is 0 Å². The first-order valence-electron chi connectivity index (χ1n) is 9.12. The second kappa shape index (κ2) is 9.01. The Morgan fingerprint density at radius 2 is 1.55 bits per heavy atom. The van der Waals surface area contributed by atoms with Crippen LogP contribution in [0.4, 0.5) is 0 Å². The molecule has 1 atom stereocenters. The summed E-state index contributed by atoms with van der Waals surface area (Å²) < 4.78 is 10.4. The number of Topliss-reactive ketones (excluding diaryl/α,β-unsaturated/α-hetero) is 1. The van der Waals surface area contributed by atoms with E-state index < -0.39 is 18.0 Å². The Balaban J connectivity index is 1.74. The van der Waals surface area contributed by atoms with Crippen molar-refractivity contribution in [1.82, 2.24) is 5.32 Å². The minimum Gasteiger partial charge on any atom is -0.459 e. The molecule has 2 aromatic carbocycles. The maximum Gasteiger partial charge on any atom is 0.326 e. The van der Waals surface area contributed by atoms with Gasteiger partial charge in [-0.2, -0.15) is 0 Å². The van der Waals surface area contributed by atoms with Gasteiger partial charge in [-0.25, -0.2) is 0 Å². The van der Waals surface area contributed by atoms with E-state index in [9.17, 15) is 14.4 Å². The number of ketones is 1. The molecule has 0 aliphatic heterocycles. The average molecular weight is 391 g/mol. The van der Waals surface area contributed by atoms with E-state index in [1.54, 1.807) is 30.3 Å². The summed E-state index contributed by atoms with van der Waals surface area (Å²) in [5.74, 6) is -1.51. The highest BCUT2D eigenvalue weighted by Gasteiger charge is 2.26. The third-order valence-corrected chi connectivity index (χ3v) is 4.34. The van der Waals surface area contributed by atoms with E-state index >= 15 is 0 Å². The number of carbonyl (C=O) groups excluding carboxylic acids is 3. The molecular weight excluding hydrogens is 370 g/mol. The lowest BCUT2D eigenvalue weighted by molar-refractivity contribution is -0.146. The molecule has 3 aromatic rings. The van der Waals surface area contributed by atoms with Gasteiger partial charge in [0.2, 0.25) is 5.78 Å². The molecule has 0 aliphatic carbocycles. The number of rotatable bonds is 7. The molecule has 148 valence electrons. The Bertz CT molecular complexity index is 989. The number of hydrogen-bond acceptors (Lipinski definition) is 5. The third-order valence-electron chi connectivity index (χ3n) is 4.34. The SMILES string of the molecule is Cc1ccc(C(=O)[C@@H](OC(=O)CNC(=O)c2ccco2)c2ccc(C)cc2)cc1. The normalized spacial score (nSPS) is 11.5. The zero-order valence-corrected chi connectivity index (χ0v) is 16.2. The smallest absolute Gasteiger partial charge is 0.326 e. The van der Waals surface area contributed by atoms with Crippen molar-refractivity contribution >= 4 is 17.7 Å². The van der Waals surface area contributed by atoms with Gasteiger partial charge in [-0.3, -0.25) is 14.4 Å². The highest BCUT2D eigenvalue weighted by Crippen LogP contribution is 2.23. The van der Waals surface area contributed by atoms with Crippen LogP contribution in [-0.2, 0) is 9.53 Å². The van der Waals surface area contributed by atoms with E-state index in [2.05, 4.69) is 5.32 Å². The molecule has 0 saturated carbocycles. The number of ether oxygens (including phenoxy) is 1. The minimum absolute atomic E-state index is 0.0867. The van der Waals surface area contributed by atoms with Crippen molar-refractivity contribution in [2.45, 2.75) is 20.0 Å². The van der Waals surface area contributed by atoms with Crippen molar-refractivity contribution < 1.29 is 23.5 Å². The minimum atomic E-state index is -1.11. The Labute approximate surface area is 168 Å². The highest BCUT2D eigenvalue weighted by molar-refractivity contribution is 6.01. The number of benzene rings is 2. The first kappa shape index (κ1) is 20.1. The number of hydrogen-bond donors (Lipinski definition) is 1. The second-order valence-corrected chi connectivity index (χ2v) is 6.67. The van der Waals surface area contributed by atoms with Gasteiger partial charge in [0, 0.05) is 11.1 Å². The van der Waals surface area contributed by atoms with Crippen LogP contribution >= 0.6 is 0 Å². The summed E-state index contributed by atoms with van der Waals surface area (Å²) in [7, 11) is 0. The first-order valence-corrected chi connectivity index (χ1v) is 9.12.